The average molecular weight is 465 g/mol. The third kappa shape index (κ3) is 5.73. The lowest BCUT2D eigenvalue weighted by Crippen LogP contribution is -2.36. The maximum atomic E-state index is 13.1. The molecule has 3 rings (SSSR count). The molecule has 0 unspecified atom stereocenters. The predicted octanol–water partition coefficient (Wildman–Crippen LogP) is 5.57. The Morgan fingerprint density at radius 2 is 1.87 bits per heavy atom. The van der Waals surface area contributed by atoms with Gasteiger partial charge in [-0.2, -0.15) is 0 Å². The first kappa shape index (κ1) is 22.6. The summed E-state index contributed by atoms with van der Waals surface area (Å²) in [4.78, 5) is 19.1. The van der Waals surface area contributed by atoms with Crippen molar-refractivity contribution in [1.82, 2.24) is 9.88 Å². The number of hydrogen-bond donors (Lipinski definition) is 1. The van der Waals surface area contributed by atoms with Crippen molar-refractivity contribution in [3.05, 3.63) is 79.7 Å². The van der Waals surface area contributed by atoms with Crippen molar-refractivity contribution < 1.29 is 14.6 Å². The van der Waals surface area contributed by atoms with E-state index in [1.54, 1.807) is 46.7 Å². The highest BCUT2D eigenvalue weighted by Gasteiger charge is 2.21. The lowest BCUT2D eigenvalue weighted by molar-refractivity contribution is 0.0688. The summed E-state index contributed by atoms with van der Waals surface area (Å²) in [5, 5.41) is 12.9. The van der Waals surface area contributed by atoms with Gasteiger partial charge in [0.1, 0.15) is 17.4 Å². The third-order valence-electron chi connectivity index (χ3n) is 4.45. The standard InChI is InChI=1S/C22H22Cl2N2O3S/c1-14(2)26(22(28)15-3-5-17(23)6-4-15)10-16-9-18(24)7-8-20(16)29-12-21-25-19(11-27)13-30-21/h3-9,13-14,27H,10-12H2,1-2H3. The van der Waals surface area contributed by atoms with Gasteiger partial charge in [0.2, 0.25) is 0 Å². The first-order valence-corrected chi connectivity index (χ1v) is 11.0. The number of benzene rings is 2. The molecule has 1 aromatic heterocycles. The number of carbonyl (C=O) groups is 1. The first-order valence-electron chi connectivity index (χ1n) is 9.39. The molecule has 158 valence electrons. The molecule has 8 heteroatoms. The highest BCUT2D eigenvalue weighted by Crippen LogP contribution is 2.27. The van der Waals surface area contributed by atoms with Crippen LogP contribution in [0.15, 0.2) is 47.8 Å². The fourth-order valence-electron chi connectivity index (χ4n) is 2.87. The second kappa shape index (κ2) is 10.3. The molecule has 1 N–H and O–H groups in total. The number of rotatable bonds is 8. The van der Waals surface area contributed by atoms with Crippen molar-refractivity contribution in [2.24, 2.45) is 0 Å². The van der Waals surface area contributed by atoms with Gasteiger partial charge in [-0.05, 0) is 56.3 Å². The minimum Gasteiger partial charge on any atom is -0.486 e. The fraction of sp³-hybridized carbons (Fsp3) is 0.273. The minimum absolute atomic E-state index is 0.0360. The van der Waals surface area contributed by atoms with Crippen LogP contribution in [-0.2, 0) is 19.8 Å². The molecule has 30 heavy (non-hydrogen) atoms. The van der Waals surface area contributed by atoms with Gasteiger partial charge >= 0.3 is 0 Å². The molecular formula is C22H22Cl2N2O3S. The maximum Gasteiger partial charge on any atom is 0.254 e. The van der Waals surface area contributed by atoms with Gasteiger partial charge in [0.05, 0.1) is 12.3 Å². The van der Waals surface area contributed by atoms with E-state index < -0.39 is 0 Å². The molecule has 0 saturated heterocycles. The Morgan fingerprint density at radius 1 is 1.17 bits per heavy atom. The highest BCUT2D eigenvalue weighted by molar-refractivity contribution is 7.09. The Balaban J connectivity index is 1.80. The van der Waals surface area contributed by atoms with Gasteiger partial charge in [-0.1, -0.05) is 23.2 Å². The lowest BCUT2D eigenvalue weighted by atomic mass is 10.1. The Kier molecular flexibility index (Phi) is 7.72. The van der Waals surface area contributed by atoms with Crippen molar-refractivity contribution in [2.75, 3.05) is 0 Å². The number of aromatic nitrogens is 1. The average Bonchev–Trinajstić information content (AvgIpc) is 3.19. The van der Waals surface area contributed by atoms with Crippen LogP contribution in [0.2, 0.25) is 10.0 Å². The largest absolute Gasteiger partial charge is 0.486 e. The molecule has 0 fully saturated rings. The molecule has 0 saturated carbocycles. The van der Waals surface area contributed by atoms with E-state index in [0.717, 1.165) is 10.6 Å². The molecule has 0 aliphatic heterocycles. The number of carbonyl (C=O) groups excluding carboxylic acids is 1. The van der Waals surface area contributed by atoms with Crippen LogP contribution in [-0.4, -0.2) is 26.9 Å². The van der Waals surface area contributed by atoms with Gasteiger partial charge in [-0.3, -0.25) is 4.79 Å². The van der Waals surface area contributed by atoms with Crippen molar-refractivity contribution >= 4 is 40.4 Å². The van der Waals surface area contributed by atoms with Crippen LogP contribution in [0.25, 0.3) is 0 Å². The third-order valence-corrected chi connectivity index (χ3v) is 5.81. The zero-order valence-corrected chi connectivity index (χ0v) is 19.0. The molecule has 1 heterocycles. The zero-order valence-electron chi connectivity index (χ0n) is 16.6. The number of ether oxygens (including phenoxy) is 1. The van der Waals surface area contributed by atoms with Crippen molar-refractivity contribution in [2.45, 2.75) is 39.6 Å². The van der Waals surface area contributed by atoms with E-state index in [0.29, 0.717) is 33.6 Å². The van der Waals surface area contributed by atoms with E-state index in [1.165, 1.54) is 11.3 Å². The second-order valence-electron chi connectivity index (χ2n) is 6.97. The lowest BCUT2D eigenvalue weighted by Gasteiger charge is -2.28. The van der Waals surface area contributed by atoms with Gasteiger partial charge in [-0.25, -0.2) is 4.98 Å². The number of aliphatic hydroxyl groups is 1. The zero-order chi connectivity index (χ0) is 21.7. The Hall–Kier alpha value is -2.12. The molecule has 3 aromatic rings. The van der Waals surface area contributed by atoms with E-state index in [1.807, 2.05) is 19.9 Å². The van der Waals surface area contributed by atoms with E-state index in [4.69, 9.17) is 33.0 Å². The first-order chi connectivity index (χ1) is 14.4. The summed E-state index contributed by atoms with van der Waals surface area (Å²) in [6, 6.07) is 12.2. The predicted molar refractivity (Wildman–Crippen MR) is 120 cm³/mol. The SMILES string of the molecule is CC(C)N(Cc1cc(Cl)ccc1OCc1nc(CO)cs1)C(=O)c1ccc(Cl)cc1. The number of amides is 1. The normalized spacial score (nSPS) is 11.0. The molecule has 2 aromatic carbocycles. The minimum atomic E-state index is -0.0984. The summed E-state index contributed by atoms with van der Waals surface area (Å²) >= 11 is 13.6. The van der Waals surface area contributed by atoms with Crippen LogP contribution in [0.5, 0.6) is 5.75 Å². The second-order valence-corrected chi connectivity index (χ2v) is 8.78. The fourth-order valence-corrected chi connectivity index (χ4v) is 3.89. The summed E-state index contributed by atoms with van der Waals surface area (Å²) in [5.74, 6) is 0.537. The Labute approximate surface area is 189 Å². The maximum absolute atomic E-state index is 13.1. The van der Waals surface area contributed by atoms with Gasteiger partial charge in [0.15, 0.2) is 0 Å². The van der Waals surface area contributed by atoms with Crippen LogP contribution in [0.1, 0.15) is 40.5 Å². The van der Waals surface area contributed by atoms with Crippen molar-refractivity contribution in [3.8, 4) is 5.75 Å². The van der Waals surface area contributed by atoms with Crippen molar-refractivity contribution in [3.63, 3.8) is 0 Å². The molecule has 0 aliphatic carbocycles. The van der Waals surface area contributed by atoms with Crippen LogP contribution in [0.4, 0.5) is 0 Å². The summed E-state index contributed by atoms with van der Waals surface area (Å²) < 4.78 is 5.97. The van der Waals surface area contributed by atoms with Crippen LogP contribution < -0.4 is 4.74 Å². The summed E-state index contributed by atoms with van der Waals surface area (Å²) in [5.41, 5.74) is 1.99. The van der Waals surface area contributed by atoms with Gasteiger partial charge < -0.3 is 14.7 Å². The Bertz CT molecular complexity index is 1010. The number of nitrogens with zero attached hydrogens (tertiary/aromatic N) is 2. The summed E-state index contributed by atoms with van der Waals surface area (Å²) in [7, 11) is 0. The van der Waals surface area contributed by atoms with Crippen LogP contribution in [0.3, 0.4) is 0 Å². The molecular weight excluding hydrogens is 443 g/mol. The highest BCUT2D eigenvalue weighted by atomic mass is 35.5. The molecule has 0 radical (unpaired) electrons. The van der Waals surface area contributed by atoms with E-state index in [9.17, 15) is 4.79 Å². The Morgan fingerprint density at radius 3 is 2.50 bits per heavy atom. The molecule has 0 spiro atoms. The molecule has 5 nitrogen and oxygen atoms in total. The van der Waals surface area contributed by atoms with E-state index in [2.05, 4.69) is 4.98 Å². The monoisotopic (exact) mass is 464 g/mol. The quantitative estimate of drug-likeness (QED) is 0.472. The van der Waals surface area contributed by atoms with Gasteiger partial charge in [0, 0.05) is 39.1 Å². The number of aliphatic hydroxyl groups excluding tert-OH is 1. The summed E-state index contributed by atoms with van der Waals surface area (Å²) in [6.45, 7) is 4.44. The summed E-state index contributed by atoms with van der Waals surface area (Å²) in [6.07, 6.45) is 0. The number of thiazole rings is 1. The molecule has 0 aliphatic rings. The number of halogens is 2. The van der Waals surface area contributed by atoms with Gasteiger partial charge in [-0.15, -0.1) is 11.3 Å². The smallest absolute Gasteiger partial charge is 0.254 e. The van der Waals surface area contributed by atoms with Gasteiger partial charge in [0.25, 0.3) is 5.91 Å². The van der Waals surface area contributed by atoms with Crippen LogP contribution in [0, 0.1) is 0 Å². The molecule has 1 amide bonds. The van der Waals surface area contributed by atoms with Crippen molar-refractivity contribution in [1.29, 1.82) is 0 Å². The van der Waals surface area contributed by atoms with E-state index >= 15 is 0 Å². The van der Waals surface area contributed by atoms with Crippen LogP contribution >= 0.6 is 34.5 Å². The molecule has 0 bridgehead atoms. The van der Waals surface area contributed by atoms with E-state index in [-0.39, 0.29) is 25.2 Å². The molecule has 0 atom stereocenters. The number of hydrogen-bond acceptors (Lipinski definition) is 5. The topological polar surface area (TPSA) is 62.7 Å².